The van der Waals surface area contributed by atoms with Gasteiger partial charge in [0.25, 0.3) is 0 Å². The highest BCUT2D eigenvalue weighted by Gasteiger charge is 2.06. The first-order valence-corrected chi connectivity index (χ1v) is 7.84. The van der Waals surface area contributed by atoms with E-state index < -0.39 is 6.29 Å². The lowest BCUT2D eigenvalue weighted by Crippen LogP contribution is -3.10. The van der Waals surface area contributed by atoms with Crippen molar-refractivity contribution < 1.29 is 27.5 Å². The number of hydrogen-bond donors (Lipinski definition) is 3. The van der Waals surface area contributed by atoms with Gasteiger partial charge in [0, 0.05) is 0 Å². The van der Waals surface area contributed by atoms with Gasteiger partial charge in [0.05, 0.1) is 13.6 Å². The molecule has 19 heavy (non-hydrogen) atoms. The summed E-state index contributed by atoms with van der Waals surface area (Å²) in [5.74, 6) is 0. The first-order chi connectivity index (χ1) is 8.66. The predicted molar refractivity (Wildman–Crippen MR) is 76.7 cm³/mol. The molecule has 0 heterocycles. The average Bonchev–Trinajstić information content (AvgIpc) is 2.30. The Labute approximate surface area is 125 Å². The fraction of sp³-hybridized carbons (Fsp3) is 1.00. The summed E-state index contributed by atoms with van der Waals surface area (Å²) in [5.41, 5.74) is 0. The SMILES string of the molecule is CCCCCCCCCCCC[NH+](C)CC(O)O.[Cl-]. The van der Waals surface area contributed by atoms with E-state index in [-0.39, 0.29) is 12.4 Å². The Morgan fingerprint density at radius 1 is 0.789 bits per heavy atom. The van der Waals surface area contributed by atoms with Crippen LogP contribution in [0.3, 0.4) is 0 Å². The van der Waals surface area contributed by atoms with Crippen molar-refractivity contribution in [3.63, 3.8) is 0 Å². The molecule has 0 aromatic carbocycles. The minimum absolute atomic E-state index is 0. The van der Waals surface area contributed by atoms with Crippen molar-refractivity contribution in [3.05, 3.63) is 0 Å². The fourth-order valence-corrected chi connectivity index (χ4v) is 2.33. The van der Waals surface area contributed by atoms with Crippen LogP contribution in [0, 0.1) is 0 Å². The quantitative estimate of drug-likeness (QED) is 0.293. The van der Waals surface area contributed by atoms with Gasteiger partial charge >= 0.3 is 0 Å². The molecule has 0 spiro atoms. The van der Waals surface area contributed by atoms with Crippen LogP contribution in [0.15, 0.2) is 0 Å². The van der Waals surface area contributed by atoms with Gasteiger partial charge in [0.15, 0.2) is 0 Å². The summed E-state index contributed by atoms with van der Waals surface area (Å²) in [7, 11) is 2.02. The fourth-order valence-electron chi connectivity index (χ4n) is 2.33. The zero-order valence-corrected chi connectivity index (χ0v) is 13.6. The average molecular weight is 296 g/mol. The lowest BCUT2D eigenvalue weighted by molar-refractivity contribution is -0.886. The monoisotopic (exact) mass is 295 g/mol. The van der Waals surface area contributed by atoms with Crippen LogP contribution in [0.1, 0.15) is 71.1 Å². The Morgan fingerprint density at radius 3 is 1.63 bits per heavy atom. The largest absolute Gasteiger partial charge is 1.00 e. The summed E-state index contributed by atoms with van der Waals surface area (Å²) < 4.78 is 0. The van der Waals surface area contributed by atoms with Crippen molar-refractivity contribution in [1.29, 1.82) is 0 Å². The topological polar surface area (TPSA) is 44.9 Å². The van der Waals surface area contributed by atoms with Gasteiger partial charge in [0.1, 0.15) is 6.54 Å². The van der Waals surface area contributed by atoms with E-state index in [2.05, 4.69) is 6.92 Å². The number of likely N-dealkylation sites (N-methyl/N-ethyl adjacent to an activating group) is 1. The highest BCUT2D eigenvalue weighted by molar-refractivity contribution is 4.47. The molecule has 0 aromatic heterocycles. The van der Waals surface area contributed by atoms with Gasteiger partial charge in [-0.05, 0) is 12.8 Å². The van der Waals surface area contributed by atoms with E-state index in [1.807, 2.05) is 7.05 Å². The third-order valence-corrected chi connectivity index (χ3v) is 3.49. The Kier molecular flexibility index (Phi) is 18.3. The first kappa shape index (κ1) is 21.5. The number of hydrogen-bond acceptors (Lipinski definition) is 2. The summed E-state index contributed by atoms with van der Waals surface area (Å²) in [6.45, 7) is 3.75. The molecule has 0 radical (unpaired) electrons. The molecule has 0 bridgehead atoms. The van der Waals surface area contributed by atoms with Crippen molar-refractivity contribution in [3.8, 4) is 0 Å². The van der Waals surface area contributed by atoms with Gasteiger partial charge in [-0.2, -0.15) is 0 Å². The number of quaternary nitrogens is 1. The van der Waals surface area contributed by atoms with Crippen LogP contribution in [-0.4, -0.2) is 36.6 Å². The highest BCUT2D eigenvalue weighted by Crippen LogP contribution is 2.09. The lowest BCUT2D eigenvalue weighted by Gasteiger charge is -2.14. The van der Waals surface area contributed by atoms with Gasteiger partial charge in [-0.1, -0.05) is 58.3 Å². The second-order valence-corrected chi connectivity index (χ2v) is 5.57. The van der Waals surface area contributed by atoms with Crippen LogP contribution >= 0.6 is 0 Å². The maximum atomic E-state index is 8.82. The molecule has 3 nitrogen and oxygen atoms in total. The molecule has 118 valence electrons. The molecular weight excluding hydrogens is 262 g/mol. The Balaban J connectivity index is 0. The smallest absolute Gasteiger partial charge is 0.202 e. The van der Waals surface area contributed by atoms with Crippen LogP contribution in [0.4, 0.5) is 0 Å². The Hall–Kier alpha value is 0.170. The molecule has 3 N–H and O–H groups in total. The van der Waals surface area contributed by atoms with E-state index in [1.165, 1.54) is 69.1 Å². The minimum Gasteiger partial charge on any atom is -1.00 e. The molecule has 4 heteroatoms. The van der Waals surface area contributed by atoms with Gasteiger partial charge in [-0.25, -0.2) is 0 Å². The van der Waals surface area contributed by atoms with Gasteiger partial charge in [-0.15, -0.1) is 0 Å². The van der Waals surface area contributed by atoms with Crippen molar-refractivity contribution in [1.82, 2.24) is 0 Å². The molecule has 0 aliphatic rings. The molecule has 0 aliphatic carbocycles. The molecule has 0 aliphatic heterocycles. The maximum absolute atomic E-state index is 8.82. The Bertz CT molecular complexity index is 168. The third-order valence-electron chi connectivity index (χ3n) is 3.49. The molecule has 0 amide bonds. The zero-order valence-electron chi connectivity index (χ0n) is 12.8. The molecule has 0 rings (SSSR count). The number of unbranched alkanes of at least 4 members (excludes halogenated alkanes) is 9. The van der Waals surface area contributed by atoms with E-state index in [4.69, 9.17) is 10.2 Å². The summed E-state index contributed by atoms with van der Waals surface area (Å²) in [6.07, 6.45) is 12.4. The van der Waals surface area contributed by atoms with E-state index in [0.717, 1.165) is 6.54 Å². The molecule has 0 saturated heterocycles. The van der Waals surface area contributed by atoms with Crippen molar-refractivity contribution in [2.45, 2.75) is 77.4 Å². The summed E-state index contributed by atoms with van der Waals surface area (Å²) in [5, 5.41) is 17.6. The van der Waals surface area contributed by atoms with Crippen molar-refractivity contribution in [2.75, 3.05) is 20.1 Å². The molecular formula is C15H34ClNO2. The maximum Gasteiger partial charge on any atom is 0.202 e. The van der Waals surface area contributed by atoms with Crippen LogP contribution in [-0.2, 0) is 0 Å². The molecule has 0 aromatic rings. The van der Waals surface area contributed by atoms with E-state index >= 15 is 0 Å². The number of halogens is 1. The van der Waals surface area contributed by atoms with Crippen molar-refractivity contribution in [2.24, 2.45) is 0 Å². The second-order valence-electron chi connectivity index (χ2n) is 5.57. The summed E-state index contributed by atoms with van der Waals surface area (Å²) in [4.78, 5) is 1.21. The molecule has 1 unspecified atom stereocenters. The molecule has 1 atom stereocenters. The van der Waals surface area contributed by atoms with Gasteiger partial charge in [0.2, 0.25) is 6.29 Å². The first-order valence-electron chi connectivity index (χ1n) is 7.84. The zero-order chi connectivity index (χ0) is 13.6. The number of aliphatic hydroxyl groups excluding tert-OH is 1. The number of nitrogens with one attached hydrogen (secondary N) is 1. The predicted octanol–water partition coefficient (Wildman–Crippen LogP) is -1.26. The van der Waals surface area contributed by atoms with Crippen LogP contribution in [0.5, 0.6) is 0 Å². The molecule has 0 fully saturated rings. The summed E-state index contributed by atoms with van der Waals surface area (Å²) >= 11 is 0. The normalized spacial score (nSPS) is 12.5. The van der Waals surface area contributed by atoms with E-state index in [1.54, 1.807) is 0 Å². The second kappa shape index (κ2) is 16.2. The van der Waals surface area contributed by atoms with Crippen LogP contribution in [0.2, 0.25) is 0 Å². The van der Waals surface area contributed by atoms with E-state index in [9.17, 15) is 0 Å². The number of aliphatic hydroxyl groups is 2. The Morgan fingerprint density at radius 2 is 1.21 bits per heavy atom. The van der Waals surface area contributed by atoms with Gasteiger partial charge in [-0.3, -0.25) is 0 Å². The standard InChI is InChI=1S/C15H33NO2.ClH/c1-3-4-5-6-7-8-9-10-11-12-13-16(2)14-15(17)18;/h15,17-18H,3-14H2,1-2H3;1H. The van der Waals surface area contributed by atoms with Crippen LogP contribution < -0.4 is 17.3 Å². The van der Waals surface area contributed by atoms with Crippen molar-refractivity contribution >= 4 is 0 Å². The van der Waals surface area contributed by atoms with Crippen LogP contribution in [0.25, 0.3) is 0 Å². The number of rotatable bonds is 13. The minimum atomic E-state index is -1.16. The van der Waals surface area contributed by atoms with Gasteiger partial charge < -0.3 is 27.5 Å². The van der Waals surface area contributed by atoms with E-state index in [0.29, 0.717) is 6.54 Å². The lowest BCUT2D eigenvalue weighted by atomic mass is 10.1. The molecule has 0 saturated carbocycles. The third kappa shape index (κ3) is 18.2. The summed E-state index contributed by atoms with van der Waals surface area (Å²) in [6, 6.07) is 0. The highest BCUT2D eigenvalue weighted by atomic mass is 35.5.